The molecule has 0 bridgehead atoms. The number of hydrogen-bond acceptors (Lipinski definition) is 4. The van der Waals surface area contributed by atoms with Gasteiger partial charge < -0.3 is 20.9 Å². The van der Waals surface area contributed by atoms with E-state index >= 15 is 0 Å². The predicted octanol–water partition coefficient (Wildman–Crippen LogP) is 5.33. The lowest BCUT2D eigenvalue weighted by Gasteiger charge is -2.42. The lowest BCUT2D eigenvalue weighted by molar-refractivity contribution is -0.123. The maximum atomic E-state index is 11.4. The zero-order valence-corrected chi connectivity index (χ0v) is 20.1. The maximum Gasteiger partial charge on any atom is 0.220 e. The van der Waals surface area contributed by atoms with Crippen LogP contribution in [0.15, 0.2) is 42.5 Å². The molecule has 0 aromatic heterocycles. The zero-order chi connectivity index (χ0) is 22.7. The summed E-state index contributed by atoms with van der Waals surface area (Å²) in [5, 5.41) is 4.99. The Labute approximate surface area is 200 Å². The van der Waals surface area contributed by atoms with Gasteiger partial charge in [0.05, 0.1) is 16.8 Å². The van der Waals surface area contributed by atoms with Gasteiger partial charge in [0.15, 0.2) is 0 Å². The Balaban J connectivity index is 1.36. The quantitative estimate of drug-likeness (QED) is 0.593. The van der Waals surface area contributed by atoms with Crippen molar-refractivity contribution in [3.63, 3.8) is 0 Å². The zero-order valence-electron chi connectivity index (χ0n) is 18.6. The van der Waals surface area contributed by atoms with Crippen molar-refractivity contribution in [3.8, 4) is 0 Å². The summed E-state index contributed by atoms with van der Waals surface area (Å²) < 4.78 is 0. The number of primary amides is 1. The summed E-state index contributed by atoms with van der Waals surface area (Å²) in [6, 6.07) is 14.7. The molecule has 1 amide bonds. The van der Waals surface area contributed by atoms with Crippen LogP contribution in [0, 0.1) is 5.92 Å². The van der Waals surface area contributed by atoms with Gasteiger partial charge in [0.25, 0.3) is 0 Å². The molecule has 2 saturated heterocycles. The van der Waals surface area contributed by atoms with Crippen LogP contribution in [0.3, 0.4) is 0 Å². The molecule has 0 aliphatic carbocycles. The van der Waals surface area contributed by atoms with E-state index in [4.69, 9.17) is 28.9 Å². The van der Waals surface area contributed by atoms with Gasteiger partial charge in [-0.2, -0.15) is 0 Å². The highest BCUT2D eigenvalue weighted by Crippen LogP contribution is 2.34. The average Bonchev–Trinajstić information content (AvgIpc) is 2.81. The molecule has 0 spiro atoms. The summed E-state index contributed by atoms with van der Waals surface area (Å²) in [6.07, 6.45) is 4.04. The van der Waals surface area contributed by atoms with Crippen LogP contribution >= 0.6 is 23.2 Å². The van der Waals surface area contributed by atoms with Crippen molar-refractivity contribution in [2.75, 3.05) is 36.4 Å². The van der Waals surface area contributed by atoms with Gasteiger partial charge >= 0.3 is 0 Å². The molecule has 2 aromatic carbocycles. The topological polar surface area (TPSA) is 61.6 Å². The van der Waals surface area contributed by atoms with Gasteiger partial charge in [-0.15, -0.1) is 0 Å². The van der Waals surface area contributed by atoms with Crippen LogP contribution in [0.2, 0.25) is 10.0 Å². The number of likely N-dealkylation sites (tertiary alicyclic amines) is 1. The van der Waals surface area contributed by atoms with Crippen molar-refractivity contribution in [2.45, 2.75) is 44.7 Å². The molecule has 2 aromatic rings. The molecule has 172 valence electrons. The summed E-state index contributed by atoms with van der Waals surface area (Å²) in [5.41, 5.74) is 8.65. The highest BCUT2D eigenvalue weighted by molar-refractivity contribution is 6.33. The number of nitrogens with zero attached hydrogens (tertiary/aromatic N) is 2. The van der Waals surface area contributed by atoms with E-state index in [0.717, 1.165) is 68.1 Å². The van der Waals surface area contributed by atoms with Gasteiger partial charge in [0, 0.05) is 35.8 Å². The number of amides is 1. The normalized spacial score (nSPS) is 19.7. The SMILES string of the molecule is C[C@@H](Nc1cc(N2CCC(N3CCC(C(N)=O)CC3)CC2)ccc1Cl)c1ccccc1Cl. The fourth-order valence-corrected chi connectivity index (χ4v) is 5.47. The third-order valence-electron chi connectivity index (χ3n) is 6.97. The second kappa shape index (κ2) is 10.3. The van der Waals surface area contributed by atoms with E-state index < -0.39 is 0 Å². The summed E-state index contributed by atoms with van der Waals surface area (Å²) in [6.45, 7) is 6.08. The third-order valence-corrected chi connectivity index (χ3v) is 7.65. The molecule has 1 atom stereocenters. The molecule has 5 nitrogen and oxygen atoms in total. The number of piperidine rings is 2. The second-order valence-corrected chi connectivity index (χ2v) is 9.80. The molecule has 0 unspecified atom stereocenters. The molecule has 2 fully saturated rings. The highest BCUT2D eigenvalue weighted by Gasteiger charge is 2.30. The van der Waals surface area contributed by atoms with Crippen LogP contribution in [0.25, 0.3) is 0 Å². The van der Waals surface area contributed by atoms with Gasteiger partial charge in [-0.05, 0) is 75.5 Å². The average molecular weight is 475 g/mol. The number of carbonyl (C=O) groups excluding carboxylic acids is 1. The van der Waals surface area contributed by atoms with Gasteiger partial charge in [-0.1, -0.05) is 41.4 Å². The summed E-state index contributed by atoms with van der Waals surface area (Å²) in [5.74, 6) is -0.0880. The molecule has 4 rings (SSSR count). The molecule has 2 aliphatic rings. The number of nitrogens with two attached hydrogens (primary N) is 1. The number of carbonyl (C=O) groups is 1. The van der Waals surface area contributed by atoms with Crippen LogP contribution in [0.4, 0.5) is 11.4 Å². The first kappa shape index (κ1) is 23.2. The van der Waals surface area contributed by atoms with Crippen molar-refractivity contribution >= 4 is 40.5 Å². The monoisotopic (exact) mass is 474 g/mol. The Morgan fingerprint density at radius 2 is 1.69 bits per heavy atom. The van der Waals surface area contributed by atoms with E-state index in [-0.39, 0.29) is 17.9 Å². The molecule has 32 heavy (non-hydrogen) atoms. The van der Waals surface area contributed by atoms with Crippen LogP contribution in [0.5, 0.6) is 0 Å². The minimum atomic E-state index is -0.143. The first-order chi connectivity index (χ1) is 15.4. The molecule has 2 heterocycles. The van der Waals surface area contributed by atoms with E-state index in [1.807, 2.05) is 30.3 Å². The largest absolute Gasteiger partial charge is 0.377 e. The van der Waals surface area contributed by atoms with E-state index in [1.165, 1.54) is 5.69 Å². The Morgan fingerprint density at radius 3 is 2.34 bits per heavy atom. The van der Waals surface area contributed by atoms with E-state index in [1.54, 1.807) is 0 Å². The number of hydrogen-bond donors (Lipinski definition) is 2. The minimum absolute atomic E-state index is 0.0468. The third kappa shape index (κ3) is 5.33. The number of halogens is 2. The van der Waals surface area contributed by atoms with Crippen molar-refractivity contribution < 1.29 is 4.79 Å². The van der Waals surface area contributed by atoms with Crippen LogP contribution in [0.1, 0.15) is 44.2 Å². The summed E-state index contributed by atoms with van der Waals surface area (Å²) >= 11 is 12.9. The molecule has 3 N–H and O–H groups in total. The lowest BCUT2D eigenvalue weighted by Crippen LogP contribution is -2.49. The Hall–Kier alpha value is -1.95. The molecular weight excluding hydrogens is 443 g/mol. The lowest BCUT2D eigenvalue weighted by atomic mass is 9.93. The van der Waals surface area contributed by atoms with E-state index in [2.05, 4.69) is 34.2 Å². The molecule has 7 heteroatoms. The maximum absolute atomic E-state index is 11.4. The number of rotatable bonds is 6. The number of nitrogens with one attached hydrogen (secondary N) is 1. The number of anilines is 2. The molecule has 0 saturated carbocycles. The van der Waals surface area contributed by atoms with Crippen LogP contribution in [-0.2, 0) is 4.79 Å². The highest BCUT2D eigenvalue weighted by atomic mass is 35.5. The van der Waals surface area contributed by atoms with Crippen molar-refractivity contribution in [1.82, 2.24) is 4.90 Å². The Bertz CT molecular complexity index is 937. The first-order valence-electron chi connectivity index (χ1n) is 11.5. The first-order valence-corrected chi connectivity index (χ1v) is 12.3. The van der Waals surface area contributed by atoms with Crippen LogP contribution in [-0.4, -0.2) is 43.0 Å². The van der Waals surface area contributed by atoms with Gasteiger partial charge in [0.1, 0.15) is 0 Å². The molecule has 0 radical (unpaired) electrons. The second-order valence-electron chi connectivity index (χ2n) is 8.98. The van der Waals surface area contributed by atoms with E-state index in [0.29, 0.717) is 11.1 Å². The van der Waals surface area contributed by atoms with Crippen molar-refractivity contribution in [1.29, 1.82) is 0 Å². The van der Waals surface area contributed by atoms with Gasteiger partial charge in [-0.25, -0.2) is 0 Å². The van der Waals surface area contributed by atoms with Gasteiger partial charge in [-0.3, -0.25) is 4.79 Å². The van der Waals surface area contributed by atoms with Gasteiger partial charge in [0.2, 0.25) is 5.91 Å². The fraction of sp³-hybridized carbons (Fsp3) is 0.480. The minimum Gasteiger partial charge on any atom is -0.377 e. The smallest absolute Gasteiger partial charge is 0.220 e. The summed E-state index contributed by atoms with van der Waals surface area (Å²) in [4.78, 5) is 16.4. The predicted molar refractivity (Wildman–Crippen MR) is 134 cm³/mol. The molecular formula is C25H32Cl2N4O. The van der Waals surface area contributed by atoms with Crippen LogP contribution < -0.4 is 16.0 Å². The van der Waals surface area contributed by atoms with E-state index in [9.17, 15) is 4.79 Å². The number of benzene rings is 2. The van der Waals surface area contributed by atoms with Crippen molar-refractivity contribution in [3.05, 3.63) is 58.1 Å². The Morgan fingerprint density at radius 1 is 1.00 bits per heavy atom. The summed E-state index contributed by atoms with van der Waals surface area (Å²) in [7, 11) is 0. The Kier molecular flexibility index (Phi) is 7.49. The standard InChI is InChI=1S/C25H32Cl2N4O/c1-17(21-4-2-3-5-22(21)26)29-24-16-20(6-7-23(24)27)31-14-10-19(11-15-31)30-12-8-18(9-13-30)25(28)32/h2-7,16-19,29H,8-15H2,1H3,(H2,28,32)/t17-/m1/s1. The van der Waals surface area contributed by atoms with Crippen molar-refractivity contribution in [2.24, 2.45) is 11.7 Å². The fourth-order valence-electron chi connectivity index (χ4n) is 5.00. The molecule has 2 aliphatic heterocycles.